The van der Waals surface area contributed by atoms with Gasteiger partial charge in [0.05, 0.1) is 23.4 Å². The van der Waals surface area contributed by atoms with Crippen molar-refractivity contribution < 1.29 is 28.9 Å². The molecule has 0 amide bonds. The molecule has 7 nitrogen and oxygen atoms in total. The summed E-state index contributed by atoms with van der Waals surface area (Å²) in [6.07, 6.45) is 3.12. The molecule has 1 saturated heterocycles. The van der Waals surface area contributed by atoms with Crippen LogP contribution in [0.1, 0.15) is 45.0 Å². The Labute approximate surface area is 137 Å². The predicted octanol–water partition coefficient (Wildman–Crippen LogP) is -0.205. The first kappa shape index (κ1) is 19.6. The van der Waals surface area contributed by atoms with Crippen molar-refractivity contribution in [1.29, 1.82) is 0 Å². The van der Waals surface area contributed by atoms with E-state index in [1.165, 1.54) is 6.20 Å². The van der Waals surface area contributed by atoms with Crippen LogP contribution >= 0.6 is 0 Å². The normalized spacial score (nSPS) is 18.0. The monoisotopic (exact) mass is 323 g/mol. The van der Waals surface area contributed by atoms with Crippen molar-refractivity contribution >= 4 is 26.2 Å². The molecular formula is C14H23B2NO6. The third kappa shape index (κ3) is 4.78. The number of ether oxygens (including phenoxy) is 1. The van der Waals surface area contributed by atoms with Crippen LogP contribution in [-0.2, 0) is 14.0 Å². The van der Waals surface area contributed by atoms with E-state index in [4.69, 9.17) is 24.1 Å². The van der Waals surface area contributed by atoms with Crippen LogP contribution in [0.3, 0.4) is 0 Å². The van der Waals surface area contributed by atoms with E-state index in [9.17, 15) is 4.79 Å². The molecule has 0 aromatic carbocycles. The van der Waals surface area contributed by atoms with Crippen molar-refractivity contribution in [3.63, 3.8) is 0 Å². The van der Waals surface area contributed by atoms with E-state index in [1.807, 2.05) is 27.7 Å². The number of hydrogen-bond acceptors (Lipinski definition) is 7. The zero-order valence-electron chi connectivity index (χ0n) is 14.2. The van der Waals surface area contributed by atoms with Gasteiger partial charge in [-0.1, -0.05) is 0 Å². The van der Waals surface area contributed by atoms with Gasteiger partial charge < -0.3 is 24.1 Å². The van der Waals surface area contributed by atoms with Gasteiger partial charge in [0, 0.05) is 17.9 Å². The van der Waals surface area contributed by atoms with Gasteiger partial charge in [0.1, 0.15) is 0 Å². The van der Waals surface area contributed by atoms with Crippen molar-refractivity contribution in [3.8, 4) is 0 Å². The van der Waals surface area contributed by atoms with Crippen LogP contribution in [0.15, 0.2) is 18.5 Å². The summed E-state index contributed by atoms with van der Waals surface area (Å²) in [6.45, 7) is 10.0. The van der Waals surface area contributed by atoms with E-state index >= 15 is 0 Å². The van der Waals surface area contributed by atoms with E-state index in [1.54, 1.807) is 19.2 Å². The first-order valence-electron chi connectivity index (χ1n) is 7.38. The zero-order chi connectivity index (χ0) is 17.7. The Morgan fingerprint density at radius 1 is 1.26 bits per heavy atom. The van der Waals surface area contributed by atoms with Gasteiger partial charge in [-0.3, -0.25) is 4.98 Å². The summed E-state index contributed by atoms with van der Waals surface area (Å²) in [5.41, 5.74) is 0.281. The molecule has 1 aromatic heterocycles. The molecule has 23 heavy (non-hydrogen) atoms. The number of rotatable bonds is 3. The van der Waals surface area contributed by atoms with Gasteiger partial charge in [-0.2, -0.15) is 0 Å². The van der Waals surface area contributed by atoms with Crippen LogP contribution in [0.25, 0.3) is 0 Å². The lowest BCUT2D eigenvalue weighted by molar-refractivity contribution is 0.00578. The maximum Gasteiger partial charge on any atom is 0.496 e. The van der Waals surface area contributed by atoms with Gasteiger partial charge in [-0.25, -0.2) is 4.79 Å². The topological polar surface area (TPSA) is 98.1 Å². The molecule has 9 heteroatoms. The van der Waals surface area contributed by atoms with Gasteiger partial charge in [0.2, 0.25) is 0 Å². The highest BCUT2D eigenvalue weighted by molar-refractivity contribution is 6.62. The summed E-state index contributed by atoms with van der Waals surface area (Å²) in [4.78, 5) is 15.8. The molecule has 0 spiro atoms. The second-order valence-electron chi connectivity index (χ2n) is 5.96. The number of hydrogen-bond donors (Lipinski definition) is 2. The van der Waals surface area contributed by atoms with E-state index in [2.05, 4.69) is 4.98 Å². The van der Waals surface area contributed by atoms with Gasteiger partial charge in [-0.05, 0) is 40.7 Å². The summed E-state index contributed by atoms with van der Waals surface area (Å²) >= 11 is 0. The van der Waals surface area contributed by atoms with Crippen LogP contribution in [0.4, 0.5) is 0 Å². The first-order valence-corrected chi connectivity index (χ1v) is 7.38. The first-order chi connectivity index (χ1) is 10.7. The molecule has 0 radical (unpaired) electrons. The third-order valence-corrected chi connectivity index (χ3v) is 3.80. The highest BCUT2D eigenvalue weighted by atomic mass is 16.7. The number of aromatic nitrogens is 1. The molecule has 0 aliphatic carbocycles. The van der Waals surface area contributed by atoms with Gasteiger partial charge >= 0.3 is 20.8 Å². The van der Waals surface area contributed by atoms with E-state index < -0.39 is 32.0 Å². The fourth-order valence-corrected chi connectivity index (χ4v) is 1.89. The highest BCUT2D eigenvalue weighted by Crippen LogP contribution is 2.36. The Hall–Kier alpha value is -1.41. The van der Waals surface area contributed by atoms with Gasteiger partial charge in [0.25, 0.3) is 0 Å². The Morgan fingerprint density at radius 2 is 1.78 bits per heavy atom. The van der Waals surface area contributed by atoms with E-state index in [0.29, 0.717) is 17.6 Å². The average Bonchev–Trinajstić information content (AvgIpc) is 2.69. The smallest absolute Gasteiger partial charge is 0.462 e. The van der Waals surface area contributed by atoms with Crippen molar-refractivity contribution in [2.75, 3.05) is 6.61 Å². The molecular weight excluding hydrogens is 300 g/mol. The standard InChI is InChI=1S/C14H20BNO4.BH3O2/c1-6-18-12(17)10-7-11(9-16-8-10)15-19-13(2,3)14(4,5)20-15;2-1-3/h7-9H,6H2,1-5H3;1-3H. The molecule has 0 unspecified atom stereocenters. The zero-order valence-corrected chi connectivity index (χ0v) is 14.2. The lowest BCUT2D eigenvalue weighted by atomic mass is 9.80. The largest absolute Gasteiger partial charge is 0.496 e. The molecule has 1 fully saturated rings. The summed E-state index contributed by atoms with van der Waals surface area (Å²) in [5, 5.41) is 14.2. The summed E-state index contributed by atoms with van der Waals surface area (Å²) in [7, 11) is -1.28. The molecule has 0 bridgehead atoms. The highest BCUT2D eigenvalue weighted by Gasteiger charge is 2.51. The average molecular weight is 323 g/mol. The third-order valence-electron chi connectivity index (χ3n) is 3.80. The Bertz CT molecular complexity index is 522. The molecule has 1 aliphatic heterocycles. The van der Waals surface area contributed by atoms with Crippen LogP contribution in [0, 0.1) is 0 Å². The maximum atomic E-state index is 11.7. The van der Waals surface area contributed by atoms with E-state index in [-0.39, 0.29) is 0 Å². The number of carbonyl (C=O) groups is 1. The van der Waals surface area contributed by atoms with Crippen LogP contribution in [0.2, 0.25) is 0 Å². The number of nitrogens with zero attached hydrogens (tertiary/aromatic N) is 1. The maximum absolute atomic E-state index is 11.7. The number of pyridine rings is 1. The summed E-state index contributed by atoms with van der Waals surface area (Å²) < 4.78 is 16.8. The lowest BCUT2D eigenvalue weighted by Crippen LogP contribution is -2.41. The molecule has 0 saturated carbocycles. The SMILES string of the molecule is CCOC(=O)c1cncc(B2OC(C)(C)C(C)(C)O2)c1.OBO. The molecule has 2 rings (SSSR count). The molecule has 0 atom stereocenters. The van der Waals surface area contributed by atoms with Crippen LogP contribution in [-0.4, -0.2) is 53.6 Å². The molecule has 126 valence electrons. The summed E-state index contributed by atoms with van der Waals surface area (Å²) in [5.74, 6) is -0.390. The van der Waals surface area contributed by atoms with Crippen LogP contribution < -0.4 is 5.46 Å². The summed E-state index contributed by atoms with van der Waals surface area (Å²) in [6, 6.07) is 1.70. The second-order valence-corrected chi connectivity index (χ2v) is 5.96. The molecule has 2 N–H and O–H groups in total. The Morgan fingerprint density at radius 3 is 2.26 bits per heavy atom. The molecule has 2 heterocycles. The van der Waals surface area contributed by atoms with Crippen molar-refractivity contribution in [3.05, 3.63) is 24.0 Å². The molecule has 1 aliphatic rings. The Balaban J connectivity index is 0.000000816. The van der Waals surface area contributed by atoms with Gasteiger partial charge in [-0.15, -0.1) is 0 Å². The minimum Gasteiger partial charge on any atom is -0.462 e. The quantitative estimate of drug-likeness (QED) is 0.587. The van der Waals surface area contributed by atoms with Gasteiger partial charge in [0.15, 0.2) is 0 Å². The van der Waals surface area contributed by atoms with Crippen LogP contribution in [0.5, 0.6) is 0 Å². The number of carbonyl (C=O) groups excluding carboxylic acids is 1. The minimum absolute atomic E-state index is 0.333. The fraction of sp³-hybridized carbons (Fsp3) is 0.571. The van der Waals surface area contributed by atoms with Crippen molar-refractivity contribution in [2.24, 2.45) is 0 Å². The minimum atomic E-state index is -0.750. The van der Waals surface area contributed by atoms with Crippen molar-refractivity contribution in [1.82, 2.24) is 4.98 Å². The predicted molar refractivity (Wildman–Crippen MR) is 87.5 cm³/mol. The second kappa shape index (κ2) is 7.92. The number of esters is 1. The Kier molecular flexibility index (Phi) is 6.76. The lowest BCUT2D eigenvalue weighted by Gasteiger charge is -2.32. The fourth-order valence-electron chi connectivity index (χ4n) is 1.89. The molecule has 1 aromatic rings. The van der Waals surface area contributed by atoms with E-state index in [0.717, 1.165) is 0 Å². The van der Waals surface area contributed by atoms with Crippen molar-refractivity contribution in [2.45, 2.75) is 45.8 Å².